The van der Waals surface area contributed by atoms with Crippen molar-refractivity contribution in [2.45, 2.75) is 46.2 Å². The number of benzene rings is 1. The first kappa shape index (κ1) is 19.7. The Bertz CT molecular complexity index is 1250. The van der Waals surface area contributed by atoms with Gasteiger partial charge in [0.15, 0.2) is 17.5 Å². The smallest absolute Gasteiger partial charge is 0.164 e. The first-order valence-corrected chi connectivity index (χ1v) is 11.1. The molecule has 7 nitrogen and oxygen atoms in total. The molecule has 0 fully saturated rings. The van der Waals surface area contributed by atoms with Gasteiger partial charge in [0.1, 0.15) is 17.3 Å². The third kappa shape index (κ3) is 3.11. The van der Waals surface area contributed by atoms with Crippen LogP contribution >= 0.6 is 11.5 Å². The molecule has 158 valence electrons. The molecule has 0 spiro atoms. The molecule has 0 radical (unpaired) electrons. The largest absolute Gasteiger partial charge is 0.342 e. The molecule has 4 heterocycles. The van der Waals surface area contributed by atoms with E-state index >= 15 is 0 Å². The molecule has 0 N–H and O–H groups in total. The van der Waals surface area contributed by atoms with Crippen LogP contribution in [0.15, 0.2) is 36.7 Å². The zero-order valence-corrected chi connectivity index (χ0v) is 18.6. The van der Waals surface area contributed by atoms with Crippen LogP contribution in [0, 0.1) is 12.7 Å². The maximum absolute atomic E-state index is 13.4. The normalized spacial score (nSPS) is 15.3. The summed E-state index contributed by atoms with van der Waals surface area (Å²) in [5, 5.41) is 8.76. The van der Waals surface area contributed by atoms with Crippen molar-refractivity contribution in [3.05, 3.63) is 54.1 Å². The van der Waals surface area contributed by atoms with Crippen LogP contribution in [0.1, 0.15) is 44.9 Å². The van der Waals surface area contributed by atoms with Gasteiger partial charge in [-0.15, -0.1) is 10.2 Å². The summed E-state index contributed by atoms with van der Waals surface area (Å²) < 4.78 is 19.8. The topological polar surface area (TPSA) is 72.6 Å². The van der Waals surface area contributed by atoms with Crippen molar-refractivity contribution < 1.29 is 4.39 Å². The Morgan fingerprint density at radius 2 is 1.90 bits per heavy atom. The highest BCUT2D eigenvalue weighted by atomic mass is 32.1. The van der Waals surface area contributed by atoms with Gasteiger partial charge in [-0.1, -0.05) is 19.1 Å². The molecule has 4 aromatic rings. The molecule has 9 heteroatoms. The van der Waals surface area contributed by atoms with E-state index in [1.807, 2.05) is 13.1 Å². The lowest BCUT2D eigenvalue weighted by Gasteiger charge is -2.39. The predicted molar refractivity (Wildman–Crippen MR) is 119 cm³/mol. The molecule has 1 aromatic carbocycles. The van der Waals surface area contributed by atoms with E-state index in [0.29, 0.717) is 5.82 Å². The molecular weight excluding hydrogens is 413 g/mol. The number of hydrogen-bond acceptors (Lipinski definition) is 7. The predicted octanol–water partition coefficient (Wildman–Crippen LogP) is 4.97. The zero-order chi connectivity index (χ0) is 21.7. The van der Waals surface area contributed by atoms with Crippen LogP contribution in [-0.2, 0) is 0 Å². The second kappa shape index (κ2) is 7.49. The van der Waals surface area contributed by atoms with Gasteiger partial charge >= 0.3 is 0 Å². The summed E-state index contributed by atoms with van der Waals surface area (Å²) >= 11 is 1.35. The van der Waals surface area contributed by atoms with E-state index in [2.05, 4.69) is 49.8 Å². The van der Waals surface area contributed by atoms with Crippen LogP contribution in [0.2, 0.25) is 0 Å². The highest BCUT2D eigenvalue weighted by Crippen LogP contribution is 2.41. The van der Waals surface area contributed by atoms with Crippen molar-refractivity contribution in [3.8, 4) is 27.5 Å². The van der Waals surface area contributed by atoms with E-state index in [0.717, 1.165) is 45.6 Å². The van der Waals surface area contributed by atoms with Gasteiger partial charge in [-0.2, -0.15) is 4.37 Å². The summed E-state index contributed by atoms with van der Waals surface area (Å²) in [6.07, 6.45) is 4.50. The van der Waals surface area contributed by atoms with Crippen LogP contribution in [0.25, 0.3) is 27.5 Å². The lowest BCUT2D eigenvalue weighted by Crippen LogP contribution is -2.40. The third-order valence-electron chi connectivity index (χ3n) is 5.58. The Kier molecular flexibility index (Phi) is 4.77. The van der Waals surface area contributed by atoms with Gasteiger partial charge < -0.3 is 4.90 Å². The van der Waals surface area contributed by atoms with Crippen LogP contribution in [0.4, 0.5) is 10.2 Å². The molecular formula is C22H22FN7S. The standard InChI is InChI=1S/C22H22FN7S/c1-5-17-22-28-27-13(4)30(22)18-11-24-20(26-21(18)29(17)12(2)3)16-10-25-31-19(16)14-6-8-15(23)9-7-14/h6-12,17H,5H2,1-4H3/t17-/m1/s1. The van der Waals surface area contributed by atoms with E-state index in [1.165, 1.54) is 23.7 Å². The second-order valence-electron chi connectivity index (χ2n) is 7.84. The average Bonchev–Trinajstić information content (AvgIpc) is 3.40. The molecule has 1 aliphatic rings. The summed E-state index contributed by atoms with van der Waals surface area (Å²) in [6.45, 7) is 8.41. The first-order chi connectivity index (χ1) is 15.0. The Morgan fingerprint density at radius 1 is 1.13 bits per heavy atom. The minimum atomic E-state index is -0.266. The molecule has 0 bridgehead atoms. The van der Waals surface area contributed by atoms with Gasteiger partial charge in [-0.3, -0.25) is 4.57 Å². The number of anilines is 1. The lowest BCUT2D eigenvalue weighted by atomic mass is 10.1. The quantitative estimate of drug-likeness (QED) is 0.450. The Balaban J connectivity index is 1.68. The molecule has 0 saturated carbocycles. The van der Waals surface area contributed by atoms with Crippen LogP contribution in [-0.4, -0.2) is 35.1 Å². The van der Waals surface area contributed by atoms with Gasteiger partial charge in [-0.25, -0.2) is 14.4 Å². The molecule has 0 amide bonds. The van der Waals surface area contributed by atoms with E-state index in [9.17, 15) is 4.39 Å². The average molecular weight is 436 g/mol. The van der Waals surface area contributed by atoms with Gasteiger partial charge in [0, 0.05) is 6.04 Å². The Morgan fingerprint density at radius 3 is 2.61 bits per heavy atom. The summed E-state index contributed by atoms with van der Waals surface area (Å²) in [5.74, 6) is 2.93. The van der Waals surface area contributed by atoms with Gasteiger partial charge in [0.05, 0.1) is 28.9 Å². The zero-order valence-electron chi connectivity index (χ0n) is 17.7. The minimum Gasteiger partial charge on any atom is -0.342 e. The molecule has 0 aliphatic carbocycles. The SMILES string of the molecule is CC[C@@H]1c2nnc(C)n2-c2cnc(-c3cnsc3-c3ccc(F)cc3)nc2N1C(C)C. The number of hydrogen-bond donors (Lipinski definition) is 0. The minimum absolute atomic E-state index is 0.0774. The van der Waals surface area contributed by atoms with E-state index in [4.69, 9.17) is 4.98 Å². The molecule has 5 rings (SSSR count). The van der Waals surface area contributed by atoms with Crippen molar-refractivity contribution in [3.63, 3.8) is 0 Å². The lowest BCUT2D eigenvalue weighted by molar-refractivity contribution is 0.496. The highest BCUT2D eigenvalue weighted by molar-refractivity contribution is 7.10. The molecule has 0 saturated heterocycles. The highest BCUT2D eigenvalue weighted by Gasteiger charge is 2.36. The van der Waals surface area contributed by atoms with Crippen molar-refractivity contribution in [1.82, 2.24) is 29.1 Å². The fraction of sp³-hybridized carbons (Fsp3) is 0.318. The summed E-state index contributed by atoms with van der Waals surface area (Å²) in [6, 6.07) is 6.71. The summed E-state index contributed by atoms with van der Waals surface area (Å²) in [5.41, 5.74) is 2.61. The van der Waals surface area contributed by atoms with Crippen LogP contribution < -0.4 is 4.90 Å². The number of halogens is 1. The van der Waals surface area contributed by atoms with Gasteiger partial charge in [0.2, 0.25) is 0 Å². The van der Waals surface area contributed by atoms with Crippen molar-refractivity contribution in [1.29, 1.82) is 0 Å². The maximum Gasteiger partial charge on any atom is 0.164 e. The molecule has 1 atom stereocenters. The fourth-order valence-electron chi connectivity index (χ4n) is 4.20. The van der Waals surface area contributed by atoms with Crippen LogP contribution in [0.3, 0.4) is 0 Å². The molecule has 31 heavy (non-hydrogen) atoms. The number of nitrogens with zero attached hydrogens (tertiary/aromatic N) is 7. The molecule has 0 unspecified atom stereocenters. The number of aromatic nitrogens is 6. The number of fused-ring (bicyclic) bond motifs is 3. The second-order valence-corrected chi connectivity index (χ2v) is 8.65. The summed E-state index contributed by atoms with van der Waals surface area (Å²) in [4.78, 5) is 12.9. The van der Waals surface area contributed by atoms with Crippen LogP contribution in [0.5, 0.6) is 0 Å². The fourth-order valence-corrected chi connectivity index (χ4v) is 4.95. The Hall–Kier alpha value is -3.20. The maximum atomic E-state index is 13.4. The van der Waals surface area contributed by atoms with Crippen molar-refractivity contribution in [2.75, 3.05) is 4.90 Å². The van der Waals surface area contributed by atoms with E-state index in [-0.39, 0.29) is 17.9 Å². The third-order valence-corrected chi connectivity index (χ3v) is 6.43. The van der Waals surface area contributed by atoms with Crippen molar-refractivity contribution in [2.24, 2.45) is 0 Å². The molecule has 3 aromatic heterocycles. The monoisotopic (exact) mass is 435 g/mol. The number of rotatable bonds is 4. The van der Waals surface area contributed by atoms with Gasteiger partial charge in [0.25, 0.3) is 0 Å². The van der Waals surface area contributed by atoms with Crippen molar-refractivity contribution >= 4 is 17.4 Å². The van der Waals surface area contributed by atoms with E-state index in [1.54, 1.807) is 18.3 Å². The molecule has 1 aliphatic heterocycles. The first-order valence-electron chi connectivity index (χ1n) is 10.3. The number of aryl methyl sites for hydroxylation is 1. The Labute approximate surface area is 183 Å². The van der Waals surface area contributed by atoms with E-state index < -0.39 is 0 Å². The summed E-state index contributed by atoms with van der Waals surface area (Å²) in [7, 11) is 0. The van der Waals surface area contributed by atoms with Gasteiger partial charge in [-0.05, 0) is 56.4 Å².